The largest absolute Gasteiger partial charge is 0.391 e. The van der Waals surface area contributed by atoms with E-state index in [4.69, 9.17) is 4.74 Å². The minimum atomic E-state index is -2.98. The van der Waals surface area contributed by atoms with E-state index < -0.39 is 22.0 Å². The number of carbonyl (C=O) groups is 1. The second-order valence-corrected chi connectivity index (χ2v) is 8.47. The number of aliphatic hydroxyl groups is 1. The summed E-state index contributed by atoms with van der Waals surface area (Å²) < 4.78 is 28.5. The highest BCUT2D eigenvalue weighted by Crippen LogP contribution is 2.23. The van der Waals surface area contributed by atoms with E-state index in [2.05, 4.69) is 5.32 Å². The molecular formula is C16H22N2O5S. The van der Waals surface area contributed by atoms with Crippen LogP contribution in [0.4, 0.5) is 5.69 Å². The number of nitrogens with zero attached hydrogens (tertiary/aromatic N) is 1. The Morgan fingerprint density at radius 2 is 1.96 bits per heavy atom. The van der Waals surface area contributed by atoms with Crippen LogP contribution in [0.3, 0.4) is 0 Å². The van der Waals surface area contributed by atoms with Gasteiger partial charge < -0.3 is 20.1 Å². The Hall–Kier alpha value is -1.64. The van der Waals surface area contributed by atoms with Crippen LogP contribution in [0.1, 0.15) is 16.8 Å². The molecule has 8 heteroatoms. The molecule has 1 aromatic carbocycles. The molecule has 2 atom stereocenters. The second kappa shape index (κ2) is 7.08. The van der Waals surface area contributed by atoms with Crippen LogP contribution in [0.5, 0.6) is 0 Å². The molecule has 132 valence electrons. The summed E-state index contributed by atoms with van der Waals surface area (Å²) >= 11 is 0. The molecule has 0 bridgehead atoms. The van der Waals surface area contributed by atoms with Crippen molar-refractivity contribution in [1.29, 1.82) is 0 Å². The molecule has 0 radical (unpaired) electrons. The molecule has 0 spiro atoms. The smallest absolute Gasteiger partial charge is 0.253 e. The number of aliphatic hydroxyl groups excluding tert-OH is 1. The molecule has 1 amide bonds. The molecule has 2 fully saturated rings. The molecule has 24 heavy (non-hydrogen) atoms. The highest BCUT2D eigenvalue weighted by molar-refractivity contribution is 7.91. The van der Waals surface area contributed by atoms with Crippen molar-refractivity contribution in [3.8, 4) is 0 Å². The number of nitrogens with one attached hydrogen (secondary N) is 1. The van der Waals surface area contributed by atoms with Gasteiger partial charge >= 0.3 is 0 Å². The van der Waals surface area contributed by atoms with Crippen LogP contribution in [-0.4, -0.2) is 69.4 Å². The van der Waals surface area contributed by atoms with Crippen molar-refractivity contribution in [2.24, 2.45) is 0 Å². The Morgan fingerprint density at radius 1 is 1.25 bits per heavy atom. The summed E-state index contributed by atoms with van der Waals surface area (Å²) in [6.45, 7) is 1.53. The van der Waals surface area contributed by atoms with E-state index in [0.29, 0.717) is 31.7 Å². The molecule has 2 aliphatic rings. The van der Waals surface area contributed by atoms with Crippen molar-refractivity contribution in [3.05, 3.63) is 29.8 Å². The number of benzene rings is 1. The molecular weight excluding hydrogens is 332 g/mol. The molecule has 0 unspecified atom stereocenters. The number of rotatable bonds is 3. The monoisotopic (exact) mass is 354 g/mol. The fourth-order valence-corrected chi connectivity index (χ4v) is 4.21. The van der Waals surface area contributed by atoms with E-state index in [9.17, 15) is 18.3 Å². The van der Waals surface area contributed by atoms with E-state index in [1.807, 2.05) is 17.0 Å². The Labute approximate surface area is 141 Å². The molecule has 2 saturated heterocycles. The maximum absolute atomic E-state index is 12.6. The average Bonchev–Trinajstić information content (AvgIpc) is 2.57. The SMILES string of the molecule is O=C(N[C@@H]1COCC[C@H]1O)c1ccccc1N1CCS(=O)(=O)CC1. The van der Waals surface area contributed by atoms with Crippen LogP contribution in [0.2, 0.25) is 0 Å². The van der Waals surface area contributed by atoms with Crippen LogP contribution in [-0.2, 0) is 14.6 Å². The van der Waals surface area contributed by atoms with Gasteiger partial charge in [0.1, 0.15) is 0 Å². The van der Waals surface area contributed by atoms with Gasteiger partial charge in [-0.1, -0.05) is 12.1 Å². The van der Waals surface area contributed by atoms with E-state index >= 15 is 0 Å². The molecule has 2 heterocycles. The Bertz CT molecular complexity index is 692. The molecule has 0 aliphatic carbocycles. The van der Waals surface area contributed by atoms with E-state index in [1.54, 1.807) is 12.1 Å². The topological polar surface area (TPSA) is 95.9 Å². The quantitative estimate of drug-likeness (QED) is 0.781. The van der Waals surface area contributed by atoms with Gasteiger partial charge in [-0.25, -0.2) is 8.42 Å². The second-order valence-electron chi connectivity index (χ2n) is 6.17. The summed E-state index contributed by atoms with van der Waals surface area (Å²) in [7, 11) is -2.98. The number of carbonyl (C=O) groups excluding carboxylic acids is 1. The van der Waals surface area contributed by atoms with Crippen molar-refractivity contribution in [3.63, 3.8) is 0 Å². The average molecular weight is 354 g/mol. The van der Waals surface area contributed by atoms with Crippen LogP contribution < -0.4 is 10.2 Å². The third kappa shape index (κ3) is 3.88. The summed E-state index contributed by atoms with van der Waals surface area (Å²) in [5.74, 6) is -0.0930. The van der Waals surface area contributed by atoms with Gasteiger partial charge in [0.15, 0.2) is 9.84 Å². The number of hydrogen-bond acceptors (Lipinski definition) is 6. The molecule has 0 saturated carbocycles. The lowest BCUT2D eigenvalue weighted by Gasteiger charge is -2.31. The zero-order valence-electron chi connectivity index (χ0n) is 13.3. The van der Waals surface area contributed by atoms with E-state index in [1.165, 1.54) is 0 Å². The van der Waals surface area contributed by atoms with Crippen LogP contribution in [0.15, 0.2) is 24.3 Å². The molecule has 7 nitrogen and oxygen atoms in total. The minimum Gasteiger partial charge on any atom is -0.391 e. The van der Waals surface area contributed by atoms with Gasteiger partial charge in [0.25, 0.3) is 5.91 Å². The first-order valence-electron chi connectivity index (χ1n) is 8.07. The molecule has 2 N–H and O–H groups in total. The molecule has 1 aromatic rings. The zero-order chi connectivity index (χ0) is 17.2. The normalized spacial score (nSPS) is 26.8. The van der Waals surface area contributed by atoms with E-state index in [0.717, 1.165) is 5.69 Å². The predicted molar refractivity (Wildman–Crippen MR) is 90.0 cm³/mol. The van der Waals surface area contributed by atoms with Gasteiger partial charge in [0.05, 0.1) is 35.8 Å². The lowest BCUT2D eigenvalue weighted by atomic mass is 10.1. The van der Waals surface area contributed by atoms with Crippen LogP contribution in [0.25, 0.3) is 0 Å². The van der Waals surface area contributed by atoms with Crippen molar-refractivity contribution in [2.45, 2.75) is 18.6 Å². The van der Waals surface area contributed by atoms with Crippen LogP contribution >= 0.6 is 0 Å². The number of hydrogen-bond donors (Lipinski definition) is 2. The summed E-state index contributed by atoms with van der Waals surface area (Å²) in [6.07, 6.45) is -0.119. The lowest BCUT2D eigenvalue weighted by molar-refractivity contribution is -0.0140. The van der Waals surface area contributed by atoms with Gasteiger partial charge in [-0.3, -0.25) is 4.79 Å². The summed E-state index contributed by atoms with van der Waals surface area (Å²) in [5, 5.41) is 12.8. The van der Waals surface area contributed by atoms with Gasteiger partial charge in [0, 0.05) is 25.4 Å². The zero-order valence-corrected chi connectivity index (χ0v) is 14.2. The molecule has 3 rings (SSSR count). The maximum atomic E-state index is 12.6. The maximum Gasteiger partial charge on any atom is 0.253 e. The number of amides is 1. The third-order valence-corrected chi connectivity index (χ3v) is 6.08. The predicted octanol–water partition coefficient (Wildman–Crippen LogP) is -0.199. The van der Waals surface area contributed by atoms with Crippen molar-refractivity contribution >= 4 is 21.4 Å². The van der Waals surface area contributed by atoms with Crippen LogP contribution in [0, 0.1) is 0 Å². The number of sulfone groups is 1. The van der Waals surface area contributed by atoms with Crippen molar-refractivity contribution < 1.29 is 23.1 Å². The summed E-state index contributed by atoms with van der Waals surface area (Å²) in [5.41, 5.74) is 1.20. The van der Waals surface area contributed by atoms with Gasteiger partial charge in [-0.2, -0.15) is 0 Å². The minimum absolute atomic E-state index is 0.0954. The molecule has 2 aliphatic heterocycles. The Morgan fingerprint density at radius 3 is 2.67 bits per heavy atom. The number of ether oxygens (including phenoxy) is 1. The third-order valence-electron chi connectivity index (χ3n) is 4.47. The first kappa shape index (κ1) is 17.2. The first-order chi connectivity index (χ1) is 11.5. The lowest BCUT2D eigenvalue weighted by Crippen LogP contribution is -2.49. The van der Waals surface area contributed by atoms with E-state index in [-0.39, 0.29) is 24.0 Å². The number of para-hydroxylation sites is 1. The van der Waals surface area contributed by atoms with Gasteiger partial charge in [-0.05, 0) is 18.6 Å². The fraction of sp³-hybridized carbons (Fsp3) is 0.562. The highest BCUT2D eigenvalue weighted by atomic mass is 32.2. The first-order valence-corrected chi connectivity index (χ1v) is 9.89. The number of anilines is 1. The highest BCUT2D eigenvalue weighted by Gasteiger charge is 2.28. The van der Waals surface area contributed by atoms with Gasteiger partial charge in [0.2, 0.25) is 0 Å². The van der Waals surface area contributed by atoms with Crippen molar-refractivity contribution in [2.75, 3.05) is 42.7 Å². The summed E-state index contributed by atoms with van der Waals surface area (Å²) in [4.78, 5) is 14.5. The fourth-order valence-electron chi connectivity index (χ4n) is 3.01. The van der Waals surface area contributed by atoms with Crippen molar-refractivity contribution in [1.82, 2.24) is 5.32 Å². The summed E-state index contributed by atoms with van der Waals surface area (Å²) in [6, 6.07) is 6.70. The van der Waals surface area contributed by atoms with Gasteiger partial charge in [-0.15, -0.1) is 0 Å². The standard InChI is InChI=1S/C16H22N2O5S/c19-15-5-8-23-11-13(15)17-16(20)12-3-1-2-4-14(12)18-6-9-24(21,22)10-7-18/h1-4,13,15,19H,5-11H2,(H,17,20)/t13-,15-/m1/s1. The molecule has 0 aromatic heterocycles. The Balaban J connectivity index is 1.75. The Kier molecular flexibility index (Phi) is 5.07.